The van der Waals surface area contributed by atoms with Crippen molar-refractivity contribution >= 4 is 27.3 Å². The number of piperidine rings is 1. The van der Waals surface area contributed by atoms with Crippen LogP contribution in [-0.2, 0) is 13.1 Å². The molecular weight excluding hydrogens is 496 g/mol. The van der Waals surface area contributed by atoms with Gasteiger partial charge in [0.15, 0.2) is 0 Å². The smallest absolute Gasteiger partial charge is 0.260 e. The Morgan fingerprint density at radius 3 is 2.60 bits per heavy atom. The van der Waals surface area contributed by atoms with E-state index in [0.29, 0.717) is 17.3 Å². The van der Waals surface area contributed by atoms with E-state index in [4.69, 9.17) is 4.98 Å². The summed E-state index contributed by atoms with van der Waals surface area (Å²) < 4.78 is 3.80. The number of imidazole rings is 1. The predicted octanol–water partition coefficient (Wildman–Crippen LogP) is 5.93. The minimum atomic E-state index is -0.0732. The van der Waals surface area contributed by atoms with Gasteiger partial charge in [-0.2, -0.15) is 0 Å². The Morgan fingerprint density at radius 1 is 0.850 bits per heavy atom. The SMILES string of the molecule is CC1(C)CCN(Cc2ccc3nc(Cn4ccc5c(-c6cccc7ncccc67)cncc5c4=O)cn3c2)CC1. The van der Waals surface area contributed by atoms with Gasteiger partial charge in [-0.25, -0.2) is 4.98 Å². The molecule has 0 N–H and O–H groups in total. The molecule has 5 aromatic heterocycles. The first-order valence-electron chi connectivity index (χ1n) is 13.9. The maximum atomic E-state index is 13.6. The number of nitrogens with zero attached hydrogens (tertiary/aromatic N) is 6. The van der Waals surface area contributed by atoms with Gasteiger partial charge in [0.1, 0.15) is 5.65 Å². The van der Waals surface area contributed by atoms with Crippen LogP contribution in [0.25, 0.3) is 38.4 Å². The first-order chi connectivity index (χ1) is 19.4. The summed E-state index contributed by atoms with van der Waals surface area (Å²) in [5.41, 5.74) is 6.26. The van der Waals surface area contributed by atoms with Gasteiger partial charge >= 0.3 is 0 Å². The highest BCUT2D eigenvalue weighted by Crippen LogP contribution is 2.32. The van der Waals surface area contributed by atoms with Gasteiger partial charge in [0.25, 0.3) is 5.56 Å². The fraction of sp³-hybridized carbons (Fsp3) is 0.273. The van der Waals surface area contributed by atoms with Crippen molar-refractivity contribution in [2.45, 2.75) is 39.8 Å². The second-order valence-corrected chi connectivity index (χ2v) is 11.7. The molecular formula is C33H32N6O. The first kappa shape index (κ1) is 24.7. The minimum absolute atomic E-state index is 0.0732. The fourth-order valence-electron chi connectivity index (χ4n) is 5.89. The van der Waals surface area contributed by atoms with Gasteiger partial charge in [0.05, 0.1) is 23.1 Å². The second-order valence-electron chi connectivity index (χ2n) is 11.7. The van der Waals surface area contributed by atoms with Crippen LogP contribution < -0.4 is 5.56 Å². The average molecular weight is 529 g/mol. The molecule has 7 nitrogen and oxygen atoms in total. The van der Waals surface area contributed by atoms with Crippen LogP contribution in [0.3, 0.4) is 0 Å². The Balaban J connectivity index is 1.17. The lowest BCUT2D eigenvalue weighted by Crippen LogP contribution is -2.36. The highest BCUT2D eigenvalue weighted by atomic mass is 16.1. The molecule has 0 spiro atoms. The van der Waals surface area contributed by atoms with Crippen molar-refractivity contribution in [2.75, 3.05) is 13.1 Å². The second kappa shape index (κ2) is 9.68. The molecule has 6 aromatic rings. The fourth-order valence-corrected chi connectivity index (χ4v) is 5.89. The number of pyridine rings is 4. The van der Waals surface area contributed by atoms with E-state index in [0.717, 1.165) is 58.4 Å². The Hall–Kier alpha value is -4.36. The molecule has 1 saturated heterocycles. The number of hydrogen-bond acceptors (Lipinski definition) is 5. The van der Waals surface area contributed by atoms with Crippen LogP contribution in [0.5, 0.6) is 0 Å². The standard InChI is InChI=1S/C33H32N6O/c1-33(2)11-15-37(16-12-33)19-23-8-9-31-36-24(22-39(31)20-23)21-38-14-10-26-28(17-34-18-29(26)32(38)40)25-5-3-7-30-27(25)6-4-13-35-30/h3-10,13-14,17-18,20,22H,11-12,15-16,19,21H2,1-2H3. The number of benzene rings is 1. The summed E-state index contributed by atoms with van der Waals surface area (Å²) in [4.78, 5) is 29.9. The molecule has 200 valence electrons. The zero-order valence-corrected chi connectivity index (χ0v) is 22.9. The van der Waals surface area contributed by atoms with E-state index in [9.17, 15) is 4.79 Å². The van der Waals surface area contributed by atoms with Crippen LogP contribution in [0, 0.1) is 5.41 Å². The van der Waals surface area contributed by atoms with Crippen LogP contribution in [0.15, 0.2) is 90.5 Å². The lowest BCUT2D eigenvalue weighted by atomic mass is 9.82. The summed E-state index contributed by atoms with van der Waals surface area (Å²) in [5.74, 6) is 0. The molecule has 0 radical (unpaired) electrons. The molecule has 7 heteroatoms. The first-order valence-corrected chi connectivity index (χ1v) is 13.9. The third-order valence-electron chi connectivity index (χ3n) is 8.35. The lowest BCUT2D eigenvalue weighted by molar-refractivity contribution is 0.127. The largest absolute Gasteiger partial charge is 0.309 e. The van der Waals surface area contributed by atoms with Crippen molar-refractivity contribution in [3.05, 3.63) is 107 Å². The van der Waals surface area contributed by atoms with Crippen molar-refractivity contribution < 1.29 is 0 Å². The summed E-state index contributed by atoms with van der Waals surface area (Å²) in [6.07, 6.45) is 13.8. The minimum Gasteiger partial charge on any atom is -0.309 e. The molecule has 0 saturated carbocycles. The van der Waals surface area contributed by atoms with Crippen LogP contribution >= 0.6 is 0 Å². The number of hydrogen-bond donors (Lipinski definition) is 0. The highest BCUT2D eigenvalue weighted by molar-refractivity contribution is 6.03. The molecule has 1 fully saturated rings. The van der Waals surface area contributed by atoms with Gasteiger partial charge < -0.3 is 8.97 Å². The maximum absolute atomic E-state index is 13.6. The molecule has 1 aromatic carbocycles. The van der Waals surface area contributed by atoms with E-state index in [1.807, 2.05) is 42.9 Å². The van der Waals surface area contributed by atoms with Gasteiger partial charge in [-0.15, -0.1) is 0 Å². The summed E-state index contributed by atoms with van der Waals surface area (Å²) in [5, 5.41) is 2.52. The van der Waals surface area contributed by atoms with E-state index in [1.165, 1.54) is 18.4 Å². The topological polar surface area (TPSA) is 68.3 Å². The quantitative estimate of drug-likeness (QED) is 0.277. The maximum Gasteiger partial charge on any atom is 0.260 e. The third kappa shape index (κ3) is 4.56. The molecule has 40 heavy (non-hydrogen) atoms. The van der Waals surface area contributed by atoms with E-state index >= 15 is 0 Å². The molecule has 0 atom stereocenters. The van der Waals surface area contributed by atoms with Gasteiger partial charge in [0.2, 0.25) is 0 Å². The van der Waals surface area contributed by atoms with Gasteiger partial charge in [-0.1, -0.05) is 38.1 Å². The van der Waals surface area contributed by atoms with Crippen molar-refractivity contribution in [3.63, 3.8) is 0 Å². The monoisotopic (exact) mass is 528 g/mol. The lowest BCUT2D eigenvalue weighted by Gasteiger charge is -2.36. The Labute approximate surface area is 232 Å². The zero-order chi connectivity index (χ0) is 27.3. The van der Waals surface area contributed by atoms with Crippen LogP contribution in [0.1, 0.15) is 37.9 Å². The molecule has 1 aliphatic rings. The van der Waals surface area contributed by atoms with Crippen molar-refractivity contribution in [2.24, 2.45) is 5.41 Å². The van der Waals surface area contributed by atoms with E-state index in [1.54, 1.807) is 17.0 Å². The Kier molecular flexibility index (Phi) is 5.97. The number of rotatable bonds is 5. The Morgan fingerprint density at radius 2 is 1.73 bits per heavy atom. The van der Waals surface area contributed by atoms with Gasteiger partial charge in [0, 0.05) is 54.7 Å². The van der Waals surface area contributed by atoms with E-state index < -0.39 is 0 Å². The molecule has 0 aliphatic carbocycles. The molecule has 0 unspecified atom stereocenters. The zero-order valence-electron chi connectivity index (χ0n) is 22.9. The molecule has 1 aliphatic heterocycles. The number of likely N-dealkylation sites (tertiary alicyclic amines) is 1. The normalized spacial score (nSPS) is 15.8. The van der Waals surface area contributed by atoms with Crippen molar-refractivity contribution in [3.8, 4) is 11.1 Å². The van der Waals surface area contributed by atoms with Crippen molar-refractivity contribution in [1.29, 1.82) is 0 Å². The van der Waals surface area contributed by atoms with Crippen LogP contribution in [-0.4, -0.2) is 41.9 Å². The summed E-state index contributed by atoms with van der Waals surface area (Å²) >= 11 is 0. The summed E-state index contributed by atoms with van der Waals surface area (Å²) in [6, 6.07) is 16.3. The average Bonchev–Trinajstić information content (AvgIpc) is 3.37. The van der Waals surface area contributed by atoms with E-state index in [-0.39, 0.29) is 5.56 Å². The summed E-state index contributed by atoms with van der Waals surface area (Å²) in [7, 11) is 0. The Bertz CT molecular complexity index is 1920. The van der Waals surface area contributed by atoms with E-state index in [2.05, 4.69) is 63.6 Å². The predicted molar refractivity (Wildman–Crippen MR) is 159 cm³/mol. The number of fused-ring (bicyclic) bond motifs is 3. The number of aromatic nitrogens is 5. The summed E-state index contributed by atoms with van der Waals surface area (Å²) in [6.45, 7) is 8.35. The van der Waals surface area contributed by atoms with Crippen molar-refractivity contribution in [1.82, 2.24) is 28.8 Å². The molecule has 0 amide bonds. The van der Waals surface area contributed by atoms with Gasteiger partial charge in [-0.3, -0.25) is 19.7 Å². The van der Waals surface area contributed by atoms with Crippen LogP contribution in [0.2, 0.25) is 0 Å². The van der Waals surface area contributed by atoms with Crippen LogP contribution in [0.4, 0.5) is 0 Å². The third-order valence-corrected chi connectivity index (χ3v) is 8.35. The van der Waals surface area contributed by atoms with Gasteiger partial charge in [-0.05, 0) is 72.1 Å². The molecule has 7 rings (SSSR count). The molecule has 6 heterocycles. The highest BCUT2D eigenvalue weighted by Gasteiger charge is 2.25. The molecule has 0 bridgehead atoms.